The van der Waals surface area contributed by atoms with Crippen molar-refractivity contribution in [2.24, 2.45) is 0 Å². The average molecular weight is 520 g/mol. The maximum absolute atomic E-state index is 13.4. The molecule has 35 heavy (non-hydrogen) atoms. The Morgan fingerprint density at radius 3 is 2.69 bits per heavy atom. The number of hydrogen-bond donors (Lipinski definition) is 0. The van der Waals surface area contributed by atoms with Crippen LogP contribution in [0, 0.1) is 0 Å². The van der Waals surface area contributed by atoms with E-state index in [1.807, 2.05) is 0 Å². The molecular weight excluding hydrogens is 507 g/mol. The first kappa shape index (κ1) is 23.1. The molecule has 5 rings (SSSR count). The Morgan fingerprint density at radius 1 is 1.11 bits per heavy atom. The number of carbonyl (C=O) groups is 2. The average Bonchev–Trinajstić information content (AvgIpc) is 3.52. The molecule has 1 aliphatic heterocycles. The highest BCUT2D eigenvalue weighted by molar-refractivity contribution is 8.18. The van der Waals surface area contributed by atoms with E-state index in [0.717, 1.165) is 29.1 Å². The molecule has 0 bridgehead atoms. The molecule has 0 radical (unpaired) electrons. The van der Waals surface area contributed by atoms with Crippen LogP contribution in [0.2, 0.25) is 5.02 Å². The fraction of sp³-hybridized carbons (Fsp3) is 0.136. The van der Waals surface area contributed by atoms with Crippen molar-refractivity contribution in [1.82, 2.24) is 24.8 Å². The maximum Gasteiger partial charge on any atom is 0.416 e. The van der Waals surface area contributed by atoms with Gasteiger partial charge in [-0.2, -0.15) is 23.3 Å². The van der Waals surface area contributed by atoms with Gasteiger partial charge in [-0.1, -0.05) is 28.9 Å². The van der Waals surface area contributed by atoms with Gasteiger partial charge in [-0.3, -0.25) is 19.2 Å². The lowest BCUT2D eigenvalue weighted by Crippen LogP contribution is -2.28. The normalized spacial score (nSPS) is 15.7. The van der Waals surface area contributed by atoms with Gasteiger partial charge in [-0.05, 0) is 53.2 Å². The van der Waals surface area contributed by atoms with Gasteiger partial charge in [-0.25, -0.2) is 0 Å². The zero-order chi connectivity index (χ0) is 24.7. The SMILES string of the molecule is O=C1SC(=Cc2ccc3c(cnn3Cc3ccc(Cl)cc3C(F)(F)F)c2)C(=O)N1Cc1ncon1. The molecule has 13 heteroatoms. The molecule has 178 valence electrons. The number of imide groups is 1. The Hall–Kier alpha value is -3.64. The van der Waals surface area contributed by atoms with E-state index in [0.29, 0.717) is 16.5 Å². The van der Waals surface area contributed by atoms with Crippen molar-refractivity contribution in [3.63, 3.8) is 0 Å². The molecule has 0 saturated carbocycles. The number of rotatable bonds is 5. The van der Waals surface area contributed by atoms with Crippen molar-refractivity contribution in [3.05, 3.63) is 81.4 Å². The topological polar surface area (TPSA) is 94.1 Å². The first-order chi connectivity index (χ1) is 16.7. The van der Waals surface area contributed by atoms with Gasteiger partial charge in [0.15, 0.2) is 5.82 Å². The van der Waals surface area contributed by atoms with E-state index in [1.165, 1.54) is 23.0 Å². The molecule has 2 aromatic heterocycles. The summed E-state index contributed by atoms with van der Waals surface area (Å²) in [6.45, 7) is -0.210. The monoisotopic (exact) mass is 519 g/mol. The highest BCUT2D eigenvalue weighted by Gasteiger charge is 2.36. The lowest BCUT2D eigenvalue weighted by Gasteiger charge is -2.14. The number of amides is 2. The second kappa shape index (κ2) is 8.86. The van der Waals surface area contributed by atoms with E-state index in [-0.39, 0.29) is 34.4 Å². The highest BCUT2D eigenvalue weighted by atomic mass is 35.5. The molecule has 4 aromatic rings. The van der Waals surface area contributed by atoms with E-state index in [2.05, 4.69) is 19.8 Å². The molecule has 1 aliphatic rings. The Bertz CT molecular complexity index is 1480. The minimum absolute atomic E-state index is 0.00209. The van der Waals surface area contributed by atoms with Crippen LogP contribution in [0.25, 0.3) is 17.0 Å². The molecule has 0 unspecified atom stereocenters. The Balaban J connectivity index is 1.40. The second-order valence-corrected chi connectivity index (χ2v) is 8.96. The van der Waals surface area contributed by atoms with E-state index >= 15 is 0 Å². The standard InChI is InChI=1S/C22H13ClF3N5O3S/c23-15-3-2-13(16(7-15)22(24,25)26)9-31-17-4-1-12(5-14(17)8-28-31)6-18-20(32)30(21(33)35-18)10-19-27-11-34-29-19/h1-8,11H,9-10H2. The quantitative estimate of drug-likeness (QED) is 0.327. The van der Waals surface area contributed by atoms with E-state index in [9.17, 15) is 22.8 Å². The number of fused-ring (bicyclic) bond motifs is 1. The third kappa shape index (κ3) is 4.66. The Morgan fingerprint density at radius 2 is 1.94 bits per heavy atom. The van der Waals surface area contributed by atoms with Crippen LogP contribution in [0.5, 0.6) is 0 Å². The third-order valence-corrected chi connectivity index (χ3v) is 6.38. The van der Waals surface area contributed by atoms with Gasteiger partial charge in [0.2, 0.25) is 6.39 Å². The summed E-state index contributed by atoms with van der Waals surface area (Å²) < 4.78 is 46.4. The number of carbonyl (C=O) groups excluding carboxylic acids is 2. The van der Waals surface area contributed by atoms with Crippen molar-refractivity contribution >= 4 is 51.5 Å². The number of aromatic nitrogens is 4. The van der Waals surface area contributed by atoms with Gasteiger partial charge in [0, 0.05) is 10.4 Å². The van der Waals surface area contributed by atoms with Crippen LogP contribution in [-0.2, 0) is 24.1 Å². The molecule has 3 heterocycles. The minimum Gasteiger partial charge on any atom is -0.343 e. The molecule has 0 N–H and O–H groups in total. The zero-order valence-corrected chi connectivity index (χ0v) is 19.1. The summed E-state index contributed by atoms with van der Waals surface area (Å²) in [5.41, 5.74) is 0.452. The lowest BCUT2D eigenvalue weighted by molar-refractivity contribution is -0.138. The summed E-state index contributed by atoms with van der Waals surface area (Å²) in [7, 11) is 0. The maximum atomic E-state index is 13.4. The van der Waals surface area contributed by atoms with E-state index in [4.69, 9.17) is 11.6 Å². The number of benzene rings is 2. The van der Waals surface area contributed by atoms with Gasteiger partial charge in [-0.15, -0.1) is 0 Å². The van der Waals surface area contributed by atoms with Crippen LogP contribution in [0.1, 0.15) is 22.5 Å². The first-order valence-electron chi connectivity index (χ1n) is 10.0. The zero-order valence-electron chi connectivity index (χ0n) is 17.5. The molecule has 0 atom stereocenters. The summed E-state index contributed by atoms with van der Waals surface area (Å²) in [5.74, 6) is -0.278. The van der Waals surface area contributed by atoms with E-state index in [1.54, 1.807) is 24.3 Å². The first-order valence-corrected chi connectivity index (χ1v) is 11.2. The predicted molar refractivity (Wildman–Crippen MR) is 121 cm³/mol. The molecule has 1 saturated heterocycles. The summed E-state index contributed by atoms with van der Waals surface area (Å²) in [6.07, 6.45) is -0.351. The van der Waals surface area contributed by atoms with Crippen LogP contribution in [0.3, 0.4) is 0 Å². The number of thioether (sulfide) groups is 1. The molecule has 2 aromatic carbocycles. The summed E-state index contributed by atoms with van der Waals surface area (Å²) in [4.78, 5) is 30.0. The Labute approximate surface area is 204 Å². The van der Waals surface area contributed by atoms with Gasteiger partial charge in [0.1, 0.15) is 0 Å². The van der Waals surface area contributed by atoms with Crippen molar-refractivity contribution in [1.29, 1.82) is 0 Å². The predicted octanol–water partition coefficient (Wildman–Crippen LogP) is 5.38. The number of nitrogens with zero attached hydrogens (tertiary/aromatic N) is 5. The molecule has 0 aliphatic carbocycles. The van der Waals surface area contributed by atoms with Gasteiger partial charge < -0.3 is 4.52 Å². The summed E-state index contributed by atoms with van der Waals surface area (Å²) >= 11 is 6.55. The van der Waals surface area contributed by atoms with Gasteiger partial charge in [0.05, 0.1) is 35.3 Å². The molecule has 8 nitrogen and oxygen atoms in total. The van der Waals surface area contributed by atoms with Gasteiger partial charge >= 0.3 is 6.18 Å². The van der Waals surface area contributed by atoms with Crippen LogP contribution in [-0.4, -0.2) is 36.0 Å². The van der Waals surface area contributed by atoms with Crippen LogP contribution >= 0.6 is 23.4 Å². The third-order valence-electron chi connectivity index (χ3n) is 5.24. The number of alkyl halides is 3. The van der Waals surface area contributed by atoms with Crippen molar-refractivity contribution in [2.75, 3.05) is 0 Å². The molecular formula is C22H13ClF3N5O3S. The largest absolute Gasteiger partial charge is 0.416 e. The summed E-state index contributed by atoms with van der Waals surface area (Å²) in [5, 5.41) is 8.04. The van der Waals surface area contributed by atoms with Crippen molar-refractivity contribution < 1.29 is 27.3 Å². The summed E-state index contributed by atoms with van der Waals surface area (Å²) in [6, 6.07) is 8.76. The van der Waals surface area contributed by atoms with Gasteiger partial charge in [0.25, 0.3) is 11.1 Å². The molecule has 2 amide bonds. The fourth-order valence-electron chi connectivity index (χ4n) is 3.62. The van der Waals surface area contributed by atoms with Crippen molar-refractivity contribution in [3.8, 4) is 0 Å². The van der Waals surface area contributed by atoms with E-state index < -0.39 is 22.9 Å². The van der Waals surface area contributed by atoms with Crippen LogP contribution < -0.4 is 0 Å². The molecule has 0 spiro atoms. The number of hydrogen-bond acceptors (Lipinski definition) is 7. The Kier molecular flexibility index (Phi) is 5.85. The molecule has 1 fully saturated rings. The highest BCUT2D eigenvalue weighted by Crippen LogP contribution is 2.35. The van der Waals surface area contributed by atoms with Crippen molar-refractivity contribution in [2.45, 2.75) is 19.3 Å². The lowest BCUT2D eigenvalue weighted by atomic mass is 10.1. The minimum atomic E-state index is -4.55. The number of halogens is 4. The van der Waals surface area contributed by atoms with Crippen LogP contribution in [0.4, 0.5) is 18.0 Å². The van der Waals surface area contributed by atoms with Crippen LogP contribution in [0.15, 0.2) is 58.4 Å². The smallest absolute Gasteiger partial charge is 0.343 e. The second-order valence-electron chi connectivity index (χ2n) is 7.53. The fourth-order valence-corrected chi connectivity index (χ4v) is 4.63.